The van der Waals surface area contributed by atoms with Gasteiger partial charge in [0, 0.05) is 12.8 Å². The fourth-order valence-corrected chi connectivity index (χ4v) is 6.27. The van der Waals surface area contributed by atoms with Crippen molar-refractivity contribution in [2.24, 2.45) is 0 Å². The zero-order chi connectivity index (χ0) is 37.0. The molecule has 0 radical (unpaired) electrons. The van der Waals surface area contributed by atoms with E-state index in [1.54, 1.807) is 109 Å². The summed E-state index contributed by atoms with van der Waals surface area (Å²) in [5.41, 5.74) is 0.750. The number of epoxide rings is 2. The summed E-state index contributed by atoms with van der Waals surface area (Å²) in [7, 11) is 0. The number of benzene rings is 6. The van der Waals surface area contributed by atoms with Gasteiger partial charge >= 0.3 is 23.9 Å². The summed E-state index contributed by atoms with van der Waals surface area (Å²) >= 11 is 0. The SMILES string of the molecule is O=C(CCCC1CO1)Oc1ccc2cc(C(=O)Oc3ccc4cc(OC(=O)c5ccc6cc(OC(=O)CCCC7CO7)ccc6c5)ccc4c3)ccc2c1. The molecule has 2 fully saturated rings. The molecule has 2 heterocycles. The molecule has 2 atom stereocenters. The number of carbonyl (C=O) groups excluding carboxylic acids is 4. The number of esters is 4. The van der Waals surface area contributed by atoms with Gasteiger partial charge in [-0.05, 0) is 131 Å². The normalized spacial score (nSPS) is 15.9. The van der Waals surface area contributed by atoms with Crippen LogP contribution in [0.15, 0.2) is 109 Å². The van der Waals surface area contributed by atoms with Crippen LogP contribution < -0.4 is 18.9 Å². The molecule has 2 aliphatic rings. The van der Waals surface area contributed by atoms with E-state index in [2.05, 4.69) is 0 Å². The van der Waals surface area contributed by atoms with Gasteiger partial charge in [0.1, 0.15) is 23.0 Å². The molecular formula is C44H36O10. The van der Waals surface area contributed by atoms with E-state index in [9.17, 15) is 19.2 Å². The van der Waals surface area contributed by atoms with Gasteiger partial charge < -0.3 is 28.4 Å². The van der Waals surface area contributed by atoms with Gasteiger partial charge in [0.2, 0.25) is 0 Å². The molecule has 0 saturated carbocycles. The molecule has 0 aromatic heterocycles. The Morgan fingerprint density at radius 3 is 1.11 bits per heavy atom. The van der Waals surface area contributed by atoms with Crippen LogP contribution in [0.3, 0.4) is 0 Å². The molecule has 0 aliphatic carbocycles. The van der Waals surface area contributed by atoms with Crippen LogP contribution in [0.5, 0.6) is 23.0 Å². The van der Waals surface area contributed by atoms with Crippen molar-refractivity contribution < 1.29 is 47.6 Å². The van der Waals surface area contributed by atoms with Gasteiger partial charge in [-0.3, -0.25) is 9.59 Å². The first-order valence-electron chi connectivity index (χ1n) is 18.0. The minimum atomic E-state index is -0.514. The van der Waals surface area contributed by atoms with Crippen LogP contribution in [0.25, 0.3) is 32.3 Å². The standard InChI is InChI=1S/C44H36O10/c45-41(5-1-3-39-25-49-39)51-35-15-11-27-19-33(9-7-29(27)21-35)43(47)53-37-17-13-32-24-38(18-14-31(32)23-37)54-44(48)34-10-8-30-22-36(16-12-28(30)20-34)52-42(46)6-2-4-40-26-50-40/h7-24,39-40H,1-6,25-26H2. The first-order chi connectivity index (χ1) is 26.3. The maximum absolute atomic E-state index is 13.1. The summed E-state index contributed by atoms with van der Waals surface area (Å²) in [4.78, 5) is 50.6. The number of ether oxygens (including phenoxy) is 6. The Hall–Kier alpha value is -6.10. The summed E-state index contributed by atoms with van der Waals surface area (Å²) in [6, 6.07) is 31.4. The first kappa shape index (κ1) is 35.0. The fourth-order valence-electron chi connectivity index (χ4n) is 6.27. The Bertz CT molecular complexity index is 2240. The van der Waals surface area contributed by atoms with Crippen molar-refractivity contribution in [1.29, 1.82) is 0 Å². The molecule has 6 aromatic carbocycles. The van der Waals surface area contributed by atoms with Crippen molar-refractivity contribution in [2.75, 3.05) is 13.2 Å². The van der Waals surface area contributed by atoms with E-state index < -0.39 is 11.9 Å². The van der Waals surface area contributed by atoms with Gasteiger partial charge in [-0.15, -0.1) is 0 Å². The summed E-state index contributed by atoms with van der Waals surface area (Å²) in [6.07, 6.45) is 4.43. The number of carbonyl (C=O) groups is 4. The third-order valence-corrected chi connectivity index (χ3v) is 9.38. The second-order valence-electron chi connectivity index (χ2n) is 13.5. The molecule has 0 bridgehead atoms. The van der Waals surface area contributed by atoms with Crippen LogP contribution >= 0.6 is 0 Å². The minimum Gasteiger partial charge on any atom is -0.427 e. The van der Waals surface area contributed by atoms with Crippen LogP contribution in [0.2, 0.25) is 0 Å². The van der Waals surface area contributed by atoms with Gasteiger partial charge in [-0.1, -0.05) is 36.4 Å². The zero-order valence-electron chi connectivity index (χ0n) is 29.3. The third-order valence-electron chi connectivity index (χ3n) is 9.38. The van der Waals surface area contributed by atoms with Crippen molar-refractivity contribution in [1.82, 2.24) is 0 Å². The maximum Gasteiger partial charge on any atom is 0.343 e. The van der Waals surface area contributed by atoms with Crippen molar-refractivity contribution in [3.63, 3.8) is 0 Å². The highest BCUT2D eigenvalue weighted by molar-refractivity contribution is 5.99. The number of fused-ring (bicyclic) bond motifs is 3. The van der Waals surface area contributed by atoms with E-state index in [4.69, 9.17) is 28.4 Å². The van der Waals surface area contributed by atoms with E-state index in [-0.39, 0.29) is 24.1 Å². The second-order valence-corrected chi connectivity index (χ2v) is 13.5. The summed E-state index contributed by atoms with van der Waals surface area (Å²) in [5, 5.41) is 4.84. The van der Waals surface area contributed by atoms with E-state index in [0.29, 0.717) is 47.0 Å². The largest absolute Gasteiger partial charge is 0.427 e. The van der Waals surface area contributed by atoms with Crippen LogP contribution in [-0.4, -0.2) is 49.3 Å². The van der Waals surface area contributed by atoms with E-state index in [1.807, 2.05) is 0 Å². The highest BCUT2D eigenvalue weighted by atomic mass is 16.6. The van der Waals surface area contributed by atoms with Gasteiger partial charge in [0.05, 0.1) is 36.5 Å². The smallest absolute Gasteiger partial charge is 0.343 e. The number of hydrogen-bond donors (Lipinski definition) is 0. The second kappa shape index (κ2) is 15.5. The molecule has 0 amide bonds. The molecule has 0 N–H and O–H groups in total. The molecule has 8 rings (SSSR count). The van der Waals surface area contributed by atoms with Crippen molar-refractivity contribution in [3.05, 3.63) is 120 Å². The predicted molar refractivity (Wildman–Crippen MR) is 200 cm³/mol. The lowest BCUT2D eigenvalue weighted by Gasteiger charge is -2.10. The van der Waals surface area contributed by atoms with E-state index >= 15 is 0 Å². The molecular weight excluding hydrogens is 688 g/mol. The molecule has 2 aliphatic heterocycles. The summed E-state index contributed by atoms with van der Waals surface area (Å²) < 4.78 is 32.7. The van der Waals surface area contributed by atoms with Crippen molar-refractivity contribution in [2.45, 2.75) is 50.7 Å². The number of rotatable bonds is 14. The Kier molecular flexibility index (Phi) is 10.0. The molecule has 0 spiro atoms. The third kappa shape index (κ3) is 8.91. The molecule has 2 saturated heterocycles. The fraction of sp³-hybridized carbons (Fsp3) is 0.227. The van der Waals surface area contributed by atoms with Gasteiger partial charge in [0.15, 0.2) is 0 Å². The van der Waals surface area contributed by atoms with Gasteiger partial charge in [0.25, 0.3) is 0 Å². The van der Waals surface area contributed by atoms with Crippen LogP contribution in [0, 0.1) is 0 Å². The Labute approximate surface area is 310 Å². The Balaban J connectivity index is 0.859. The monoisotopic (exact) mass is 724 g/mol. The number of hydrogen-bond acceptors (Lipinski definition) is 10. The lowest BCUT2D eigenvalue weighted by Crippen LogP contribution is -2.09. The van der Waals surface area contributed by atoms with Crippen molar-refractivity contribution in [3.8, 4) is 23.0 Å². The highest BCUT2D eigenvalue weighted by Gasteiger charge is 2.23. The molecule has 6 aromatic rings. The molecule has 54 heavy (non-hydrogen) atoms. The topological polar surface area (TPSA) is 130 Å². The van der Waals surface area contributed by atoms with Crippen LogP contribution in [0.4, 0.5) is 0 Å². The minimum absolute atomic E-state index is 0.285. The predicted octanol–water partition coefficient (Wildman–Crippen LogP) is 8.53. The van der Waals surface area contributed by atoms with Crippen LogP contribution in [-0.2, 0) is 19.1 Å². The molecule has 10 heteroatoms. The van der Waals surface area contributed by atoms with Gasteiger partial charge in [-0.2, -0.15) is 0 Å². The molecule has 272 valence electrons. The lowest BCUT2D eigenvalue weighted by atomic mass is 10.1. The quantitative estimate of drug-likeness (QED) is 0.0612. The Morgan fingerprint density at radius 1 is 0.444 bits per heavy atom. The van der Waals surface area contributed by atoms with Crippen LogP contribution in [0.1, 0.15) is 59.2 Å². The maximum atomic E-state index is 13.1. The van der Waals surface area contributed by atoms with E-state index in [0.717, 1.165) is 71.2 Å². The van der Waals surface area contributed by atoms with Gasteiger partial charge in [-0.25, -0.2) is 9.59 Å². The average molecular weight is 725 g/mol. The van der Waals surface area contributed by atoms with Crippen molar-refractivity contribution >= 4 is 56.2 Å². The zero-order valence-corrected chi connectivity index (χ0v) is 29.3. The average Bonchev–Trinajstić information content (AvgIpc) is 4.12. The highest BCUT2D eigenvalue weighted by Crippen LogP contribution is 2.29. The first-order valence-corrected chi connectivity index (χ1v) is 18.0. The van der Waals surface area contributed by atoms with E-state index in [1.165, 1.54) is 0 Å². The summed E-state index contributed by atoms with van der Waals surface area (Å²) in [6.45, 7) is 1.55. The molecule has 10 nitrogen and oxygen atoms in total. The lowest BCUT2D eigenvalue weighted by molar-refractivity contribution is -0.135. The summed E-state index contributed by atoms with van der Waals surface area (Å²) in [5.74, 6) is 0.0426. The Morgan fingerprint density at radius 2 is 0.759 bits per heavy atom. The molecule has 2 unspecified atom stereocenters.